The van der Waals surface area contributed by atoms with Gasteiger partial charge >= 0.3 is 6.18 Å². The molecule has 1 atom stereocenters. The summed E-state index contributed by atoms with van der Waals surface area (Å²) in [6, 6.07) is 17.6. The molecule has 0 saturated carbocycles. The number of aromatic nitrogens is 3. The molecule has 12 heteroatoms. The molecule has 0 radical (unpaired) electrons. The molecule has 1 fully saturated rings. The maximum atomic E-state index is 13.9. The second kappa shape index (κ2) is 13.3. The molecule has 2 aromatic carbocycles. The molecule has 4 aromatic rings. The smallest absolute Gasteiger partial charge is 0.395 e. The van der Waals surface area contributed by atoms with E-state index >= 15 is 0 Å². The number of aliphatic hydroxyl groups excluding tert-OH is 1. The molecule has 3 heterocycles. The van der Waals surface area contributed by atoms with Gasteiger partial charge in [0, 0.05) is 45.3 Å². The van der Waals surface area contributed by atoms with Gasteiger partial charge in [0.25, 0.3) is 0 Å². The molecule has 1 saturated heterocycles. The first-order valence-corrected chi connectivity index (χ1v) is 14.0. The molecule has 44 heavy (non-hydrogen) atoms. The van der Waals surface area contributed by atoms with E-state index in [0.29, 0.717) is 48.0 Å². The zero-order valence-corrected chi connectivity index (χ0v) is 24.0. The van der Waals surface area contributed by atoms with Crippen molar-refractivity contribution < 1.29 is 23.0 Å². The summed E-state index contributed by atoms with van der Waals surface area (Å²) in [4.78, 5) is 13.2. The third kappa shape index (κ3) is 6.58. The number of piperazine rings is 1. The Morgan fingerprint density at radius 3 is 2.36 bits per heavy atom. The summed E-state index contributed by atoms with van der Waals surface area (Å²) in [6.45, 7) is 3.47. The molecule has 5 rings (SSSR count). The molecule has 0 aliphatic carbocycles. The summed E-state index contributed by atoms with van der Waals surface area (Å²) in [5, 5.41) is 28.8. The zero-order valence-electron chi connectivity index (χ0n) is 24.0. The van der Waals surface area contributed by atoms with E-state index in [4.69, 9.17) is 9.72 Å². The highest BCUT2D eigenvalue weighted by atomic mass is 19.4. The molecule has 1 aliphatic rings. The van der Waals surface area contributed by atoms with Crippen LogP contribution >= 0.6 is 0 Å². The summed E-state index contributed by atoms with van der Waals surface area (Å²) in [7, 11) is 1.79. The molecule has 0 spiro atoms. The number of β-amino-alcohol motifs (C(OH)–C–C–N with tert-alkyl or cyclic N) is 1. The fourth-order valence-corrected chi connectivity index (χ4v) is 5.37. The van der Waals surface area contributed by atoms with Crippen molar-refractivity contribution in [2.24, 2.45) is 7.05 Å². The Morgan fingerprint density at radius 2 is 1.70 bits per heavy atom. The highest BCUT2D eigenvalue weighted by Gasteiger charge is 2.34. The van der Waals surface area contributed by atoms with Crippen molar-refractivity contribution >= 4 is 5.82 Å². The number of halogens is 3. The second-order valence-electron chi connectivity index (χ2n) is 10.4. The van der Waals surface area contributed by atoms with Gasteiger partial charge in [0.1, 0.15) is 18.0 Å². The van der Waals surface area contributed by atoms with Crippen molar-refractivity contribution in [1.29, 1.82) is 10.5 Å². The Bertz CT molecular complexity index is 1700. The van der Waals surface area contributed by atoms with Crippen molar-refractivity contribution in [1.82, 2.24) is 19.4 Å². The SMILES string of the molecule is Cn1cncc1C(OCc1ccc(C#N)c(N2CCN(CCO)CC2)n1)c1ccc(C#N)c(-c2ccccc2C(F)(F)F)c1. The number of alkyl halides is 3. The third-order valence-corrected chi connectivity index (χ3v) is 7.65. The lowest BCUT2D eigenvalue weighted by molar-refractivity contribution is -0.137. The van der Waals surface area contributed by atoms with E-state index in [2.05, 4.69) is 16.0 Å². The number of aliphatic hydroxyl groups is 1. The van der Waals surface area contributed by atoms with Crippen LogP contribution in [0, 0.1) is 22.7 Å². The average molecular weight is 602 g/mol. The number of aryl methyl sites for hydroxylation is 1. The van der Waals surface area contributed by atoms with Gasteiger partial charge in [0.05, 0.1) is 59.9 Å². The number of imidazole rings is 1. The minimum Gasteiger partial charge on any atom is -0.395 e. The predicted octanol–water partition coefficient (Wildman–Crippen LogP) is 4.66. The van der Waals surface area contributed by atoms with E-state index in [0.717, 1.165) is 19.2 Å². The average Bonchev–Trinajstić information content (AvgIpc) is 3.46. The fourth-order valence-electron chi connectivity index (χ4n) is 5.37. The lowest BCUT2D eigenvalue weighted by atomic mass is 9.92. The first kappa shape index (κ1) is 30.7. The molecular weight excluding hydrogens is 571 g/mol. The van der Waals surface area contributed by atoms with E-state index in [1.54, 1.807) is 48.4 Å². The van der Waals surface area contributed by atoms with Gasteiger partial charge in [-0.05, 0) is 41.5 Å². The number of rotatable bonds is 9. The van der Waals surface area contributed by atoms with E-state index in [9.17, 15) is 28.8 Å². The Morgan fingerprint density at radius 1 is 0.977 bits per heavy atom. The van der Waals surface area contributed by atoms with Gasteiger partial charge in [-0.25, -0.2) is 9.97 Å². The lowest BCUT2D eigenvalue weighted by Crippen LogP contribution is -2.47. The van der Waals surface area contributed by atoms with Crippen LogP contribution < -0.4 is 4.90 Å². The van der Waals surface area contributed by atoms with Crippen LogP contribution in [0.3, 0.4) is 0 Å². The molecule has 1 aliphatic heterocycles. The van der Waals surface area contributed by atoms with Gasteiger partial charge < -0.3 is 19.3 Å². The topological polar surface area (TPSA) is 114 Å². The highest BCUT2D eigenvalue weighted by molar-refractivity contribution is 5.74. The lowest BCUT2D eigenvalue weighted by Gasteiger charge is -2.35. The van der Waals surface area contributed by atoms with Gasteiger partial charge in [-0.1, -0.05) is 24.3 Å². The van der Waals surface area contributed by atoms with Crippen molar-refractivity contribution in [3.05, 3.63) is 101 Å². The van der Waals surface area contributed by atoms with Crippen molar-refractivity contribution in [2.75, 3.05) is 44.2 Å². The van der Waals surface area contributed by atoms with Gasteiger partial charge in [-0.2, -0.15) is 23.7 Å². The van der Waals surface area contributed by atoms with Crippen molar-refractivity contribution in [2.45, 2.75) is 18.9 Å². The van der Waals surface area contributed by atoms with Crippen LogP contribution in [0.1, 0.15) is 39.7 Å². The molecule has 226 valence electrons. The van der Waals surface area contributed by atoms with Gasteiger partial charge in [0.15, 0.2) is 0 Å². The molecule has 1 unspecified atom stereocenters. The van der Waals surface area contributed by atoms with Crippen LogP contribution in [0.15, 0.2) is 67.1 Å². The van der Waals surface area contributed by atoms with E-state index in [-0.39, 0.29) is 29.9 Å². The van der Waals surface area contributed by atoms with Crippen LogP contribution in [-0.4, -0.2) is 63.9 Å². The fraction of sp³-hybridized carbons (Fsp3) is 0.312. The van der Waals surface area contributed by atoms with Crippen LogP contribution in [0.5, 0.6) is 0 Å². The first-order chi connectivity index (χ1) is 21.2. The normalized spacial score (nSPS) is 14.7. The second-order valence-corrected chi connectivity index (χ2v) is 10.4. The Balaban J connectivity index is 1.47. The summed E-state index contributed by atoms with van der Waals surface area (Å²) in [5.41, 5.74) is 1.51. The molecule has 2 aromatic heterocycles. The summed E-state index contributed by atoms with van der Waals surface area (Å²) in [5.74, 6) is 0.554. The number of benzene rings is 2. The number of anilines is 1. The van der Waals surface area contributed by atoms with Gasteiger partial charge in [0.2, 0.25) is 0 Å². The first-order valence-electron chi connectivity index (χ1n) is 14.0. The Hall–Kier alpha value is -4.75. The summed E-state index contributed by atoms with van der Waals surface area (Å²) in [6.07, 6.45) is -2.14. The van der Waals surface area contributed by atoms with Crippen LogP contribution in [0.4, 0.5) is 19.0 Å². The molecule has 0 amide bonds. The number of ether oxygens (including phenoxy) is 1. The number of pyridine rings is 1. The zero-order chi connectivity index (χ0) is 31.3. The number of nitrogens with zero attached hydrogens (tertiary/aromatic N) is 7. The predicted molar refractivity (Wildman–Crippen MR) is 156 cm³/mol. The minimum absolute atomic E-state index is 0.0352. The number of hydrogen-bond donors (Lipinski definition) is 1. The van der Waals surface area contributed by atoms with Crippen molar-refractivity contribution in [3.63, 3.8) is 0 Å². The van der Waals surface area contributed by atoms with Gasteiger partial charge in [-0.3, -0.25) is 4.90 Å². The molecule has 0 bridgehead atoms. The molecule has 1 N–H and O–H groups in total. The summed E-state index contributed by atoms with van der Waals surface area (Å²) < 4.78 is 49.9. The van der Waals surface area contributed by atoms with E-state index in [1.807, 2.05) is 11.0 Å². The van der Waals surface area contributed by atoms with Crippen LogP contribution in [0.2, 0.25) is 0 Å². The standard InChI is InChI=1S/C32H30F3N7O2/c1-40-21-38-19-29(40)30(22-6-7-23(17-36)27(16-22)26-4-2-3-5-28(26)32(33,34)35)44-20-25-9-8-24(18-37)31(39-25)42-12-10-41(11-13-42)14-15-43/h2-9,16,19,21,30,43H,10-15,20H2,1H3. The molecular formula is C32H30F3N7O2. The monoisotopic (exact) mass is 601 g/mol. The molecule has 9 nitrogen and oxygen atoms in total. The number of nitriles is 2. The third-order valence-electron chi connectivity index (χ3n) is 7.65. The maximum Gasteiger partial charge on any atom is 0.417 e. The Kier molecular flexibility index (Phi) is 9.26. The van der Waals surface area contributed by atoms with Crippen molar-refractivity contribution in [3.8, 4) is 23.3 Å². The minimum atomic E-state index is -4.61. The van der Waals surface area contributed by atoms with Crippen LogP contribution in [-0.2, 0) is 24.6 Å². The highest BCUT2D eigenvalue weighted by Crippen LogP contribution is 2.39. The van der Waals surface area contributed by atoms with Gasteiger partial charge in [-0.15, -0.1) is 0 Å². The summed E-state index contributed by atoms with van der Waals surface area (Å²) >= 11 is 0. The van der Waals surface area contributed by atoms with E-state index < -0.39 is 17.8 Å². The van der Waals surface area contributed by atoms with E-state index in [1.165, 1.54) is 24.3 Å². The largest absolute Gasteiger partial charge is 0.417 e. The van der Waals surface area contributed by atoms with Crippen LogP contribution in [0.25, 0.3) is 11.1 Å². The Labute approximate surface area is 253 Å². The quantitative estimate of drug-likeness (QED) is 0.295. The maximum absolute atomic E-state index is 13.9. The number of hydrogen-bond acceptors (Lipinski definition) is 8.